The Hall–Kier alpha value is -2.01. The molecule has 0 radical (unpaired) electrons. The molecule has 4 nitrogen and oxygen atoms in total. The zero-order valence-electron chi connectivity index (χ0n) is 10.8. The van der Waals surface area contributed by atoms with Crippen molar-refractivity contribution in [3.05, 3.63) is 41.5 Å². The molecule has 1 aromatic heterocycles. The molecule has 3 aromatic rings. The van der Waals surface area contributed by atoms with Crippen LogP contribution >= 0.6 is 11.8 Å². The van der Waals surface area contributed by atoms with Crippen molar-refractivity contribution in [2.24, 2.45) is 0 Å². The Balaban J connectivity index is 1.74. The lowest BCUT2D eigenvalue weighted by atomic mass is 10.1. The van der Waals surface area contributed by atoms with Crippen molar-refractivity contribution in [3.8, 4) is 0 Å². The molecule has 4 rings (SSSR count). The maximum absolute atomic E-state index is 5.86. The minimum absolute atomic E-state index is 0.597. The molecule has 0 spiro atoms. The standard InChI is InChI=1S/C15H13N3OS/c16-12-6-7-13(15-14(12)17-19-18-15)20-11-5-4-9-2-1-3-10(9)8-11/h4-8H,1-3,16H2. The SMILES string of the molecule is Nc1ccc(Sc2ccc3c(c2)CCC3)c2nonc12. The molecule has 0 bridgehead atoms. The van der Waals surface area contributed by atoms with E-state index in [1.807, 2.05) is 12.1 Å². The van der Waals surface area contributed by atoms with Gasteiger partial charge in [-0.15, -0.1) is 0 Å². The number of nitrogens with two attached hydrogens (primary N) is 1. The van der Waals surface area contributed by atoms with Crippen LogP contribution in [0.5, 0.6) is 0 Å². The molecule has 0 unspecified atom stereocenters. The smallest absolute Gasteiger partial charge is 0.159 e. The van der Waals surface area contributed by atoms with Crippen molar-refractivity contribution < 1.29 is 4.63 Å². The van der Waals surface area contributed by atoms with E-state index in [1.54, 1.807) is 11.8 Å². The first-order valence-electron chi connectivity index (χ1n) is 6.62. The van der Waals surface area contributed by atoms with E-state index in [0.717, 1.165) is 10.4 Å². The lowest BCUT2D eigenvalue weighted by molar-refractivity contribution is 0.315. The average molecular weight is 283 g/mol. The molecule has 20 heavy (non-hydrogen) atoms. The van der Waals surface area contributed by atoms with Gasteiger partial charge in [0.25, 0.3) is 0 Å². The summed E-state index contributed by atoms with van der Waals surface area (Å²) < 4.78 is 4.80. The van der Waals surface area contributed by atoms with Crippen molar-refractivity contribution >= 4 is 28.5 Å². The third-order valence-electron chi connectivity index (χ3n) is 3.71. The summed E-state index contributed by atoms with van der Waals surface area (Å²) in [6.07, 6.45) is 3.66. The second kappa shape index (κ2) is 4.52. The Labute approximate surface area is 120 Å². The number of hydrogen-bond acceptors (Lipinski definition) is 5. The third-order valence-corrected chi connectivity index (χ3v) is 4.75. The first-order valence-corrected chi connectivity index (χ1v) is 7.43. The highest BCUT2D eigenvalue weighted by Gasteiger charge is 2.14. The highest BCUT2D eigenvalue weighted by molar-refractivity contribution is 7.99. The lowest BCUT2D eigenvalue weighted by Crippen LogP contribution is -1.88. The lowest BCUT2D eigenvalue weighted by Gasteiger charge is -2.05. The maximum atomic E-state index is 5.86. The van der Waals surface area contributed by atoms with Crippen LogP contribution in [0.15, 0.2) is 44.8 Å². The number of fused-ring (bicyclic) bond motifs is 2. The Kier molecular flexibility index (Phi) is 2.67. The van der Waals surface area contributed by atoms with E-state index >= 15 is 0 Å². The highest BCUT2D eigenvalue weighted by atomic mass is 32.2. The van der Waals surface area contributed by atoms with Gasteiger partial charge in [-0.05, 0) is 65.0 Å². The van der Waals surface area contributed by atoms with Gasteiger partial charge in [0.15, 0.2) is 11.0 Å². The zero-order chi connectivity index (χ0) is 13.5. The van der Waals surface area contributed by atoms with Gasteiger partial charge < -0.3 is 5.73 Å². The van der Waals surface area contributed by atoms with Crippen molar-refractivity contribution in [3.63, 3.8) is 0 Å². The topological polar surface area (TPSA) is 64.9 Å². The van der Waals surface area contributed by atoms with Crippen molar-refractivity contribution in [1.82, 2.24) is 10.3 Å². The van der Waals surface area contributed by atoms with Crippen LogP contribution in [-0.4, -0.2) is 10.3 Å². The van der Waals surface area contributed by atoms with Gasteiger partial charge in [0.05, 0.1) is 5.69 Å². The Morgan fingerprint density at radius 2 is 1.85 bits per heavy atom. The Morgan fingerprint density at radius 3 is 2.80 bits per heavy atom. The largest absolute Gasteiger partial charge is 0.397 e. The second-order valence-corrected chi connectivity index (χ2v) is 6.12. The normalized spacial score (nSPS) is 13.8. The molecule has 0 amide bonds. The molecule has 100 valence electrons. The van der Waals surface area contributed by atoms with E-state index in [4.69, 9.17) is 10.4 Å². The Morgan fingerprint density at radius 1 is 1.00 bits per heavy atom. The first-order chi connectivity index (χ1) is 9.81. The molecule has 1 aliphatic carbocycles. The molecule has 0 aliphatic heterocycles. The summed E-state index contributed by atoms with van der Waals surface area (Å²) in [4.78, 5) is 2.24. The molecule has 0 saturated carbocycles. The van der Waals surface area contributed by atoms with Crippen LogP contribution in [0.1, 0.15) is 17.5 Å². The minimum Gasteiger partial charge on any atom is -0.397 e. The van der Waals surface area contributed by atoms with Crippen LogP contribution in [0.2, 0.25) is 0 Å². The molecule has 5 heteroatoms. The monoisotopic (exact) mass is 283 g/mol. The zero-order valence-corrected chi connectivity index (χ0v) is 11.6. The Bertz CT molecular complexity index is 797. The molecular formula is C15H13N3OS. The van der Waals surface area contributed by atoms with Gasteiger partial charge in [-0.1, -0.05) is 17.8 Å². The maximum Gasteiger partial charge on any atom is 0.159 e. The minimum atomic E-state index is 0.597. The molecule has 1 heterocycles. The van der Waals surface area contributed by atoms with Crippen molar-refractivity contribution in [1.29, 1.82) is 0 Å². The molecular weight excluding hydrogens is 270 g/mol. The summed E-state index contributed by atoms with van der Waals surface area (Å²) in [5, 5.41) is 7.82. The predicted molar refractivity (Wildman–Crippen MR) is 78.8 cm³/mol. The van der Waals surface area contributed by atoms with E-state index in [9.17, 15) is 0 Å². The summed E-state index contributed by atoms with van der Waals surface area (Å²) in [5.74, 6) is 0. The van der Waals surface area contributed by atoms with Gasteiger partial charge >= 0.3 is 0 Å². The molecule has 2 N–H and O–H groups in total. The van der Waals surface area contributed by atoms with Crippen LogP contribution in [0.3, 0.4) is 0 Å². The van der Waals surface area contributed by atoms with Crippen LogP contribution in [-0.2, 0) is 12.8 Å². The van der Waals surface area contributed by atoms with Gasteiger partial charge in [0, 0.05) is 9.79 Å². The van der Waals surface area contributed by atoms with E-state index in [2.05, 4.69) is 28.5 Å². The summed E-state index contributed by atoms with van der Waals surface area (Å²) in [6.45, 7) is 0. The highest BCUT2D eigenvalue weighted by Crippen LogP contribution is 2.36. The quantitative estimate of drug-likeness (QED) is 0.730. The summed E-state index contributed by atoms with van der Waals surface area (Å²) >= 11 is 1.68. The van der Waals surface area contributed by atoms with Crippen molar-refractivity contribution in [2.45, 2.75) is 29.1 Å². The summed E-state index contributed by atoms with van der Waals surface area (Å²) in [6, 6.07) is 10.5. The fourth-order valence-electron chi connectivity index (χ4n) is 2.68. The predicted octanol–water partition coefficient (Wildman–Crippen LogP) is 3.44. The number of rotatable bonds is 2. The van der Waals surface area contributed by atoms with E-state index in [-0.39, 0.29) is 0 Å². The fourth-order valence-corrected chi connectivity index (χ4v) is 3.64. The molecule has 0 atom stereocenters. The average Bonchev–Trinajstić information content (AvgIpc) is 3.10. The van der Waals surface area contributed by atoms with Gasteiger partial charge in [-0.25, -0.2) is 4.63 Å². The van der Waals surface area contributed by atoms with Gasteiger partial charge in [-0.2, -0.15) is 0 Å². The van der Waals surface area contributed by atoms with Crippen LogP contribution in [0.4, 0.5) is 5.69 Å². The van der Waals surface area contributed by atoms with E-state index < -0.39 is 0 Å². The van der Waals surface area contributed by atoms with E-state index in [0.29, 0.717) is 11.2 Å². The third kappa shape index (κ3) is 1.86. The molecule has 0 saturated heterocycles. The molecule has 1 aliphatic rings. The molecule has 2 aromatic carbocycles. The fraction of sp³-hybridized carbons (Fsp3) is 0.200. The van der Waals surface area contributed by atoms with Crippen LogP contribution < -0.4 is 5.73 Å². The number of benzene rings is 2. The van der Waals surface area contributed by atoms with Gasteiger partial charge in [0.1, 0.15) is 0 Å². The summed E-state index contributed by atoms with van der Waals surface area (Å²) in [7, 11) is 0. The number of hydrogen-bond donors (Lipinski definition) is 1. The second-order valence-electron chi connectivity index (χ2n) is 5.00. The van der Waals surface area contributed by atoms with Gasteiger partial charge in [0.2, 0.25) is 0 Å². The van der Waals surface area contributed by atoms with Crippen LogP contribution in [0, 0.1) is 0 Å². The van der Waals surface area contributed by atoms with E-state index in [1.165, 1.54) is 35.3 Å². The summed E-state index contributed by atoms with van der Waals surface area (Å²) in [5.41, 5.74) is 10.8. The van der Waals surface area contributed by atoms with Crippen LogP contribution in [0.25, 0.3) is 11.0 Å². The molecule has 0 fully saturated rings. The number of nitrogen functional groups attached to an aromatic ring is 1. The number of nitrogens with zero attached hydrogens (tertiary/aromatic N) is 2. The number of aromatic nitrogens is 2. The number of anilines is 1. The number of aryl methyl sites for hydroxylation is 2. The van der Waals surface area contributed by atoms with Crippen molar-refractivity contribution in [2.75, 3.05) is 5.73 Å². The first kappa shape index (κ1) is 11.8. The van der Waals surface area contributed by atoms with Gasteiger partial charge in [-0.3, -0.25) is 0 Å².